The van der Waals surface area contributed by atoms with Crippen molar-refractivity contribution in [1.29, 1.82) is 0 Å². The molecule has 2 amide bonds. The fourth-order valence-electron chi connectivity index (χ4n) is 2.42. The third kappa shape index (κ3) is 3.34. The number of nitrogens with one attached hydrogen (secondary N) is 2. The zero-order valence-corrected chi connectivity index (χ0v) is 13.7. The fourth-order valence-corrected chi connectivity index (χ4v) is 4.40. The first-order valence-electron chi connectivity index (χ1n) is 7.03. The van der Waals surface area contributed by atoms with Gasteiger partial charge in [0.05, 0.1) is 15.9 Å². The summed E-state index contributed by atoms with van der Waals surface area (Å²) in [5.41, 5.74) is 1.19. The molecule has 0 bridgehead atoms. The zero-order chi connectivity index (χ0) is 15.5. The Hall–Kier alpha value is -1.79. The minimum absolute atomic E-state index is 0.0521. The van der Waals surface area contributed by atoms with E-state index in [0.29, 0.717) is 9.88 Å². The number of fused-ring (bicyclic) bond motifs is 1. The van der Waals surface area contributed by atoms with Gasteiger partial charge in [0, 0.05) is 17.6 Å². The molecule has 0 radical (unpaired) electrons. The Morgan fingerprint density at radius 2 is 2.00 bits per heavy atom. The van der Waals surface area contributed by atoms with Crippen LogP contribution in [0.1, 0.15) is 34.6 Å². The molecule has 4 nitrogen and oxygen atoms in total. The van der Waals surface area contributed by atoms with Crippen LogP contribution >= 0.6 is 23.1 Å². The Balaban J connectivity index is 1.72. The number of thiophene rings is 1. The van der Waals surface area contributed by atoms with Crippen LogP contribution in [0.5, 0.6) is 0 Å². The van der Waals surface area contributed by atoms with Crippen molar-refractivity contribution in [2.75, 3.05) is 11.1 Å². The third-order valence-corrected chi connectivity index (χ3v) is 5.51. The molecule has 0 fully saturated rings. The maximum absolute atomic E-state index is 12.4. The monoisotopic (exact) mass is 332 g/mol. The Morgan fingerprint density at radius 1 is 1.18 bits per heavy atom. The van der Waals surface area contributed by atoms with Crippen LogP contribution in [-0.4, -0.2) is 17.6 Å². The van der Waals surface area contributed by atoms with Crippen LogP contribution in [-0.2, 0) is 4.79 Å². The highest BCUT2D eigenvalue weighted by molar-refractivity contribution is 7.99. The second kappa shape index (κ2) is 6.54. The lowest BCUT2D eigenvalue weighted by atomic mass is 10.0. The molecule has 1 aliphatic rings. The van der Waals surface area contributed by atoms with Crippen molar-refractivity contribution in [3.63, 3.8) is 0 Å². The van der Waals surface area contributed by atoms with Crippen LogP contribution in [0, 0.1) is 0 Å². The number of hydrogen-bond acceptors (Lipinski definition) is 4. The Labute approximate surface area is 137 Å². The molecule has 2 heterocycles. The SMILES string of the molecule is CC(=O)Nc1ccc(C(=O)N[C@H]2CCSc3ccccc32)s1. The van der Waals surface area contributed by atoms with Crippen LogP contribution in [0.2, 0.25) is 0 Å². The summed E-state index contributed by atoms with van der Waals surface area (Å²) in [5, 5.41) is 6.49. The first kappa shape index (κ1) is 15.1. The number of benzene rings is 1. The van der Waals surface area contributed by atoms with Crippen molar-refractivity contribution < 1.29 is 9.59 Å². The lowest BCUT2D eigenvalue weighted by Gasteiger charge is -2.25. The molecule has 2 N–H and O–H groups in total. The molecule has 2 aromatic rings. The van der Waals surface area contributed by atoms with Crippen LogP contribution in [0.25, 0.3) is 0 Å². The average molecular weight is 332 g/mol. The summed E-state index contributed by atoms with van der Waals surface area (Å²) in [4.78, 5) is 25.3. The van der Waals surface area contributed by atoms with E-state index in [1.807, 2.05) is 23.9 Å². The number of hydrogen-bond donors (Lipinski definition) is 2. The maximum atomic E-state index is 12.4. The number of carbonyl (C=O) groups is 2. The second-order valence-corrected chi connectivity index (χ2v) is 7.27. The van der Waals surface area contributed by atoms with Gasteiger partial charge >= 0.3 is 0 Å². The predicted molar refractivity (Wildman–Crippen MR) is 90.6 cm³/mol. The minimum Gasteiger partial charge on any atom is -0.344 e. The molecule has 0 aliphatic carbocycles. The fraction of sp³-hybridized carbons (Fsp3) is 0.250. The molecule has 0 spiro atoms. The van der Waals surface area contributed by atoms with Crippen molar-refractivity contribution in [2.45, 2.75) is 24.3 Å². The van der Waals surface area contributed by atoms with Gasteiger partial charge in [-0.25, -0.2) is 0 Å². The summed E-state index contributed by atoms with van der Waals surface area (Å²) >= 11 is 3.12. The number of amides is 2. The quantitative estimate of drug-likeness (QED) is 0.901. The summed E-state index contributed by atoms with van der Waals surface area (Å²) < 4.78 is 0. The molecular weight excluding hydrogens is 316 g/mol. The van der Waals surface area contributed by atoms with Crippen LogP contribution < -0.4 is 10.6 Å². The minimum atomic E-state index is -0.132. The van der Waals surface area contributed by atoms with Gasteiger partial charge in [0.1, 0.15) is 0 Å². The maximum Gasteiger partial charge on any atom is 0.261 e. The number of anilines is 1. The Morgan fingerprint density at radius 3 is 2.82 bits per heavy atom. The molecule has 0 saturated carbocycles. The summed E-state index contributed by atoms with van der Waals surface area (Å²) in [6.07, 6.45) is 0.928. The van der Waals surface area contributed by atoms with E-state index >= 15 is 0 Å². The van der Waals surface area contributed by atoms with Gasteiger partial charge in [-0.1, -0.05) is 18.2 Å². The number of carbonyl (C=O) groups excluding carboxylic acids is 2. The zero-order valence-electron chi connectivity index (χ0n) is 12.1. The van der Waals surface area contributed by atoms with Gasteiger partial charge in [-0.3, -0.25) is 9.59 Å². The lowest BCUT2D eigenvalue weighted by molar-refractivity contribution is -0.114. The molecule has 0 saturated heterocycles. The van der Waals surface area contributed by atoms with E-state index in [1.165, 1.54) is 28.7 Å². The standard InChI is InChI=1S/C16H16N2O2S2/c1-10(19)17-15-7-6-14(22-15)16(20)18-12-8-9-21-13-5-3-2-4-11(12)13/h2-7,12H,8-9H2,1H3,(H,17,19)(H,18,20)/t12-/m0/s1. The molecule has 1 aliphatic heterocycles. The van der Waals surface area contributed by atoms with E-state index in [0.717, 1.165) is 12.2 Å². The largest absolute Gasteiger partial charge is 0.344 e. The van der Waals surface area contributed by atoms with E-state index in [9.17, 15) is 9.59 Å². The highest BCUT2D eigenvalue weighted by atomic mass is 32.2. The highest BCUT2D eigenvalue weighted by Crippen LogP contribution is 2.36. The van der Waals surface area contributed by atoms with Crippen molar-refractivity contribution in [1.82, 2.24) is 5.32 Å². The van der Waals surface area contributed by atoms with Crippen LogP contribution in [0.3, 0.4) is 0 Å². The molecular formula is C16H16N2O2S2. The molecule has 0 unspecified atom stereocenters. The first-order chi connectivity index (χ1) is 10.6. The van der Waals surface area contributed by atoms with E-state index in [2.05, 4.69) is 22.8 Å². The molecule has 1 aromatic heterocycles. The number of rotatable bonds is 3. The molecule has 6 heteroatoms. The van der Waals surface area contributed by atoms with Gasteiger partial charge in [-0.05, 0) is 30.2 Å². The summed E-state index contributed by atoms with van der Waals surface area (Å²) in [6, 6.07) is 11.7. The van der Waals surface area contributed by atoms with Gasteiger partial charge in [0.2, 0.25) is 5.91 Å². The average Bonchev–Trinajstić information content (AvgIpc) is 2.95. The van der Waals surface area contributed by atoms with Crippen molar-refractivity contribution in [3.8, 4) is 0 Å². The van der Waals surface area contributed by atoms with Gasteiger partial charge in [0.15, 0.2) is 0 Å². The Kier molecular flexibility index (Phi) is 4.49. The molecule has 1 aromatic carbocycles. The van der Waals surface area contributed by atoms with Gasteiger partial charge < -0.3 is 10.6 Å². The van der Waals surface area contributed by atoms with E-state index in [1.54, 1.807) is 12.1 Å². The van der Waals surface area contributed by atoms with E-state index in [4.69, 9.17) is 0 Å². The van der Waals surface area contributed by atoms with Crippen molar-refractivity contribution in [2.24, 2.45) is 0 Å². The summed E-state index contributed by atoms with van der Waals surface area (Å²) in [7, 11) is 0. The smallest absolute Gasteiger partial charge is 0.261 e. The molecule has 3 rings (SSSR count). The second-order valence-electron chi connectivity index (χ2n) is 5.05. The van der Waals surface area contributed by atoms with Crippen molar-refractivity contribution in [3.05, 3.63) is 46.8 Å². The Bertz CT molecular complexity index is 712. The van der Waals surface area contributed by atoms with E-state index < -0.39 is 0 Å². The molecule has 22 heavy (non-hydrogen) atoms. The number of thioether (sulfide) groups is 1. The van der Waals surface area contributed by atoms with Gasteiger partial charge in [-0.15, -0.1) is 23.1 Å². The lowest BCUT2D eigenvalue weighted by Crippen LogP contribution is -2.30. The van der Waals surface area contributed by atoms with E-state index in [-0.39, 0.29) is 17.9 Å². The molecule has 114 valence electrons. The summed E-state index contributed by atoms with van der Waals surface area (Å²) in [6.45, 7) is 1.45. The third-order valence-electron chi connectivity index (χ3n) is 3.39. The van der Waals surface area contributed by atoms with Gasteiger partial charge in [0.25, 0.3) is 5.91 Å². The van der Waals surface area contributed by atoms with Crippen LogP contribution in [0.4, 0.5) is 5.00 Å². The predicted octanol–water partition coefficient (Wildman–Crippen LogP) is 3.67. The topological polar surface area (TPSA) is 58.2 Å². The highest BCUT2D eigenvalue weighted by Gasteiger charge is 2.23. The van der Waals surface area contributed by atoms with Gasteiger partial charge in [-0.2, -0.15) is 0 Å². The first-order valence-corrected chi connectivity index (χ1v) is 8.84. The normalized spacial score (nSPS) is 16.7. The van der Waals surface area contributed by atoms with Crippen molar-refractivity contribution >= 4 is 39.9 Å². The molecule has 1 atom stereocenters. The van der Waals surface area contributed by atoms with Crippen LogP contribution in [0.15, 0.2) is 41.3 Å². The summed E-state index contributed by atoms with van der Waals surface area (Å²) in [5.74, 6) is 0.782.